The van der Waals surface area contributed by atoms with Gasteiger partial charge in [0.2, 0.25) is 5.78 Å². The van der Waals surface area contributed by atoms with Crippen molar-refractivity contribution in [3.05, 3.63) is 82.9 Å². The Morgan fingerprint density at radius 3 is 2.36 bits per heavy atom. The summed E-state index contributed by atoms with van der Waals surface area (Å²) in [5, 5.41) is 2.86. The molecular formula is C20H19N3O2. The second kappa shape index (κ2) is 6.73. The Hall–Kier alpha value is -3.21. The summed E-state index contributed by atoms with van der Waals surface area (Å²) < 4.78 is 1.68. The summed E-state index contributed by atoms with van der Waals surface area (Å²) in [5.41, 5.74) is 3.85. The first-order valence-corrected chi connectivity index (χ1v) is 7.96. The lowest BCUT2D eigenvalue weighted by Crippen LogP contribution is -2.14. The Morgan fingerprint density at radius 1 is 1.04 bits per heavy atom. The first kappa shape index (κ1) is 16.6. The molecule has 3 rings (SSSR count). The van der Waals surface area contributed by atoms with Gasteiger partial charge in [-0.3, -0.25) is 9.59 Å². The quantitative estimate of drug-likeness (QED) is 0.743. The zero-order valence-corrected chi connectivity index (χ0v) is 14.4. The maximum absolute atomic E-state index is 12.4. The molecule has 0 fully saturated rings. The van der Waals surface area contributed by atoms with Crippen LogP contribution in [0.2, 0.25) is 0 Å². The Kier molecular flexibility index (Phi) is 4.48. The molecule has 1 amide bonds. The highest BCUT2D eigenvalue weighted by molar-refractivity contribution is 6.08. The van der Waals surface area contributed by atoms with Crippen molar-refractivity contribution in [2.45, 2.75) is 13.8 Å². The SMILES string of the molecule is Cc1ccc(C(=O)Nc2ccc(C(=O)c3nccn3C)cc2)c(C)c1. The first-order valence-electron chi connectivity index (χ1n) is 7.96. The van der Waals surface area contributed by atoms with E-state index in [1.54, 1.807) is 48.3 Å². The molecule has 0 atom stereocenters. The molecule has 0 aliphatic heterocycles. The lowest BCUT2D eigenvalue weighted by atomic mass is 10.0. The summed E-state index contributed by atoms with van der Waals surface area (Å²) >= 11 is 0. The van der Waals surface area contributed by atoms with Gasteiger partial charge in [-0.05, 0) is 49.7 Å². The fourth-order valence-corrected chi connectivity index (χ4v) is 2.69. The number of rotatable bonds is 4. The summed E-state index contributed by atoms with van der Waals surface area (Å²) in [5.74, 6) is 0.0625. The van der Waals surface area contributed by atoms with Crippen LogP contribution in [-0.4, -0.2) is 21.2 Å². The zero-order chi connectivity index (χ0) is 18.0. The molecule has 1 heterocycles. The molecule has 5 heteroatoms. The van der Waals surface area contributed by atoms with Crippen LogP contribution < -0.4 is 5.32 Å². The highest BCUT2D eigenvalue weighted by Crippen LogP contribution is 2.16. The van der Waals surface area contributed by atoms with Crippen LogP contribution in [0, 0.1) is 13.8 Å². The van der Waals surface area contributed by atoms with Gasteiger partial charge in [-0.25, -0.2) is 4.98 Å². The molecule has 0 aliphatic carbocycles. The fourth-order valence-electron chi connectivity index (χ4n) is 2.69. The molecule has 5 nitrogen and oxygen atoms in total. The number of carbonyl (C=O) groups is 2. The van der Waals surface area contributed by atoms with Crippen molar-refractivity contribution in [3.63, 3.8) is 0 Å². The number of ketones is 1. The topological polar surface area (TPSA) is 64.0 Å². The molecule has 0 aliphatic rings. The van der Waals surface area contributed by atoms with Gasteiger partial charge in [0, 0.05) is 36.3 Å². The van der Waals surface area contributed by atoms with E-state index in [2.05, 4.69) is 10.3 Å². The van der Waals surface area contributed by atoms with Crippen molar-refractivity contribution in [2.75, 3.05) is 5.32 Å². The van der Waals surface area contributed by atoms with Gasteiger partial charge in [0.25, 0.3) is 5.91 Å². The number of amides is 1. The van der Waals surface area contributed by atoms with Crippen molar-refractivity contribution < 1.29 is 9.59 Å². The Balaban J connectivity index is 1.75. The number of aromatic nitrogens is 2. The molecule has 0 saturated heterocycles. The smallest absolute Gasteiger partial charge is 0.255 e. The summed E-state index contributed by atoms with van der Waals surface area (Å²) in [7, 11) is 1.78. The molecule has 1 aromatic heterocycles. The van der Waals surface area contributed by atoms with Gasteiger partial charge in [0.05, 0.1) is 0 Å². The lowest BCUT2D eigenvalue weighted by molar-refractivity contribution is 0.101. The molecule has 0 radical (unpaired) electrons. The van der Waals surface area contributed by atoms with Crippen LogP contribution in [0.4, 0.5) is 5.69 Å². The normalized spacial score (nSPS) is 10.5. The van der Waals surface area contributed by atoms with E-state index in [-0.39, 0.29) is 11.7 Å². The van der Waals surface area contributed by atoms with Gasteiger partial charge in [-0.15, -0.1) is 0 Å². The fraction of sp³-hybridized carbons (Fsp3) is 0.150. The van der Waals surface area contributed by atoms with Gasteiger partial charge in [-0.1, -0.05) is 17.7 Å². The number of benzene rings is 2. The van der Waals surface area contributed by atoms with Crippen molar-refractivity contribution in [3.8, 4) is 0 Å². The Morgan fingerprint density at radius 2 is 1.76 bits per heavy atom. The van der Waals surface area contributed by atoms with Crippen LogP contribution in [0.1, 0.15) is 37.7 Å². The summed E-state index contributed by atoms with van der Waals surface area (Å²) in [6, 6.07) is 12.5. The number of aryl methyl sites for hydroxylation is 3. The molecule has 1 N–H and O–H groups in total. The minimum Gasteiger partial charge on any atom is -0.331 e. The van der Waals surface area contributed by atoms with Crippen molar-refractivity contribution in [2.24, 2.45) is 7.05 Å². The van der Waals surface area contributed by atoms with E-state index in [0.717, 1.165) is 11.1 Å². The minimum absolute atomic E-state index is 0.153. The molecule has 126 valence electrons. The van der Waals surface area contributed by atoms with Crippen molar-refractivity contribution in [1.29, 1.82) is 0 Å². The van der Waals surface area contributed by atoms with E-state index < -0.39 is 0 Å². The van der Waals surface area contributed by atoms with E-state index in [0.29, 0.717) is 22.6 Å². The van der Waals surface area contributed by atoms with Gasteiger partial charge < -0.3 is 9.88 Å². The zero-order valence-electron chi connectivity index (χ0n) is 14.4. The Bertz CT molecular complexity index is 940. The molecule has 2 aromatic carbocycles. The number of imidazole rings is 1. The monoisotopic (exact) mass is 333 g/mol. The largest absolute Gasteiger partial charge is 0.331 e. The van der Waals surface area contributed by atoms with Gasteiger partial charge >= 0.3 is 0 Å². The molecule has 25 heavy (non-hydrogen) atoms. The van der Waals surface area contributed by atoms with Gasteiger partial charge in [0.1, 0.15) is 0 Å². The maximum Gasteiger partial charge on any atom is 0.255 e. The molecular weight excluding hydrogens is 314 g/mol. The third-order valence-corrected chi connectivity index (χ3v) is 4.06. The van der Waals surface area contributed by atoms with E-state index in [4.69, 9.17) is 0 Å². The summed E-state index contributed by atoms with van der Waals surface area (Å²) in [6.45, 7) is 3.91. The average Bonchev–Trinajstić information content (AvgIpc) is 3.00. The molecule has 3 aromatic rings. The number of hydrogen-bond donors (Lipinski definition) is 1. The number of nitrogens with one attached hydrogen (secondary N) is 1. The predicted molar refractivity (Wildman–Crippen MR) is 97.0 cm³/mol. The molecule has 0 unspecified atom stereocenters. The van der Waals surface area contributed by atoms with Crippen LogP contribution in [0.3, 0.4) is 0 Å². The third-order valence-electron chi connectivity index (χ3n) is 4.06. The third kappa shape index (κ3) is 3.50. The minimum atomic E-state index is -0.166. The summed E-state index contributed by atoms with van der Waals surface area (Å²) in [4.78, 5) is 28.9. The maximum atomic E-state index is 12.4. The van der Waals surface area contributed by atoms with Crippen LogP contribution in [-0.2, 0) is 7.05 Å². The Labute approximate surface area is 146 Å². The highest BCUT2D eigenvalue weighted by atomic mass is 16.1. The number of anilines is 1. The van der Waals surface area contributed by atoms with E-state index >= 15 is 0 Å². The number of hydrogen-bond acceptors (Lipinski definition) is 3. The van der Waals surface area contributed by atoms with Crippen molar-refractivity contribution >= 4 is 17.4 Å². The predicted octanol–water partition coefficient (Wildman–Crippen LogP) is 3.52. The number of carbonyl (C=O) groups excluding carboxylic acids is 2. The van der Waals surface area contributed by atoms with Gasteiger partial charge in [0.15, 0.2) is 5.82 Å². The second-order valence-corrected chi connectivity index (χ2v) is 6.04. The van der Waals surface area contributed by atoms with E-state index in [9.17, 15) is 9.59 Å². The first-order chi connectivity index (χ1) is 12.0. The molecule has 0 saturated carbocycles. The van der Waals surface area contributed by atoms with Crippen LogP contribution in [0.5, 0.6) is 0 Å². The van der Waals surface area contributed by atoms with Gasteiger partial charge in [-0.2, -0.15) is 0 Å². The molecule has 0 bridgehead atoms. The standard InChI is InChI=1S/C20H19N3O2/c1-13-4-9-17(14(2)12-13)20(25)22-16-7-5-15(6-8-16)18(24)19-21-10-11-23(19)3/h4-12H,1-3H3,(H,22,25). The highest BCUT2D eigenvalue weighted by Gasteiger charge is 2.14. The van der Waals surface area contributed by atoms with Crippen LogP contribution in [0.25, 0.3) is 0 Å². The summed E-state index contributed by atoms with van der Waals surface area (Å²) in [6.07, 6.45) is 3.32. The second-order valence-electron chi connectivity index (χ2n) is 6.04. The van der Waals surface area contributed by atoms with Crippen LogP contribution in [0.15, 0.2) is 54.9 Å². The average molecular weight is 333 g/mol. The number of nitrogens with zero attached hydrogens (tertiary/aromatic N) is 2. The van der Waals surface area contributed by atoms with E-state index in [1.807, 2.05) is 32.0 Å². The van der Waals surface area contributed by atoms with Crippen molar-refractivity contribution in [1.82, 2.24) is 9.55 Å². The van der Waals surface area contributed by atoms with Crippen LogP contribution >= 0.6 is 0 Å². The van der Waals surface area contributed by atoms with E-state index in [1.165, 1.54) is 0 Å². The lowest BCUT2D eigenvalue weighted by Gasteiger charge is -2.09. The molecule has 0 spiro atoms.